The Morgan fingerprint density at radius 3 is 2.60 bits per heavy atom. The predicted molar refractivity (Wildman–Crippen MR) is 105 cm³/mol. The Bertz CT molecular complexity index is 868. The second-order valence-electron chi connectivity index (χ2n) is 6.33. The van der Waals surface area contributed by atoms with Crippen LogP contribution in [0.25, 0.3) is 10.9 Å². The summed E-state index contributed by atoms with van der Waals surface area (Å²) in [5.41, 5.74) is 3.94. The Balaban J connectivity index is 1.50. The highest BCUT2D eigenvalue weighted by molar-refractivity contribution is 6.31. The van der Waals surface area contributed by atoms with E-state index in [2.05, 4.69) is 39.5 Å². The van der Waals surface area contributed by atoms with Crippen molar-refractivity contribution in [3.8, 4) is 0 Å². The van der Waals surface area contributed by atoms with Crippen LogP contribution in [-0.2, 0) is 6.42 Å². The van der Waals surface area contributed by atoms with Crippen LogP contribution in [-0.4, -0.2) is 31.5 Å². The molecule has 3 rings (SSSR count). The Labute approximate surface area is 152 Å². The number of hydrogen-bond acceptors (Lipinski definition) is 2. The van der Waals surface area contributed by atoms with Crippen molar-refractivity contribution in [2.75, 3.05) is 25.5 Å². The molecule has 0 aliphatic rings. The van der Waals surface area contributed by atoms with Crippen molar-refractivity contribution in [1.82, 2.24) is 10.3 Å². The number of anilines is 1. The monoisotopic (exact) mass is 355 g/mol. The number of benzene rings is 2. The van der Waals surface area contributed by atoms with Crippen molar-refractivity contribution in [3.63, 3.8) is 0 Å². The number of nitrogens with zero attached hydrogens (tertiary/aromatic N) is 1. The highest BCUT2D eigenvalue weighted by Crippen LogP contribution is 2.20. The molecule has 0 fully saturated rings. The van der Waals surface area contributed by atoms with Crippen molar-refractivity contribution < 1.29 is 4.79 Å². The third-order valence-electron chi connectivity index (χ3n) is 4.21. The van der Waals surface area contributed by atoms with Gasteiger partial charge in [0.2, 0.25) is 0 Å². The summed E-state index contributed by atoms with van der Waals surface area (Å²) in [6, 6.07) is 15.9. The molecular formula is C20H22ClN3O. The summed E-state index contributed by atoms with van der Waals surface area (Å²) < 4.78 is 0. The summed E-state index contributed by atoms with van der Waals surface area (Å²) in [6.45, 7) is 0.643. The molecule has 1 amide bonds. The maximum Gasteiger partial charge on any atom is 0.267 e. The zero-order chi connectivity index (χ0) is 17.8. The smallest absolute Gasteiger partial charge is 0.267 e. The maximum absolute atomic E-state index is 12.2. The van der Waals surface area contributed by atoms with Crippen LogP contribution >= 0.6 is 11.6 Å². The fraction of sp³-hybridized carbons (Fsp3) is 0.250. The molecule has 0 bridgehead atoms. The van der Waals surface area contributed by atoms with E-state index in [0.29, 0.717) is 17.3 Å². The van der Waals surface area contributed by atoms with Crippen LogP contribution in [0.5, 0.6) is 0 Å². The van der Waals surface area contributed by atoms with E-state index in [9.17, 15) is 4.79 Å². The molecule has 4 nitrogen and oxygen atoms in total. The molecule has 5 heteroatoms. The molecule has 2 N–H and O–H groups in total. The van der Waals surface area contributed by atoms with Gasteiger partial charge in [-0.15, -0.1) is 0 Å². The number of amides is 1. The Kier molecular flexibility index (Phi) is 5.29. The zero-order valence-electron chi connectivity index (χ0n) is 14.5. The van der Waals surface area contributed by atoms with E-state index < -0.39 is 0 Å². The molecular weight excluding hydrogens is 334 g/mol. The van der Waals surface area contributed by atoms with E-state index in [-0.39, 0.29) is 5.91 Å². The Morgan fingerprint density at radius 1 is 1.12 bits per heavy atom. The number of H-pyrrole nitrogens is 1. The number of rotatable bonds is 6. The largest absolute Gasteiger partial charge is 0.378 e. The van der Waals surface area contributed by atoms with Crippen molar-refractivity contribution in [2.24, 2.45) is 0 Å². The lowest BCUT2D eigenvalue weighted by atomic mass is 10.1. The van der Waals surface area contributed by atoms with E-state index in [4.69, 9.17) is 11.6 Å². The van der Waals surface area contributed by atoms with Crippen LogP contribution in [0.2, 0.25) is 5.02 Å². The van der Waals surface area contributed by atoms with Gasteiger partial charge in [0.15, 0.2) is 0 Å². The standard InChI is InChI=1S/C20H22ClN3O/c1-24(2)17-8-5-14(6-9-17)4-3-11-22-20(25)19-13-15-12-16(21)7-10-18(15)23-19/h5-10,12-13,23H,3-4,11H2,1-2H3,(H,22,25). The molecule has 0 saturated carbocycles. The average molecular weight is 356 g/mol. The molecule has 0 aliphatic heterocycles. The molecule has 130 valence electrons. The van der Waals surface area contributed by atoms with E-state index in [0.717, 1.165) is 23.7 Å². The summed E-state index contributed by atoms with van der Waals surface area (Å²) in [7, 11) is 4.06. The van der Waals surface area contributed by atoms with Gasteiger partial charge in [0.05, 0.1) is 0 Å². The highest BCUT2D eigenvalue weighted by Gasteiger charge is 2.09. The van der Waals surface area contributed by atoms with Crippen LogP contribution in [0.4, 0.5) is 5.69 Å². The van der Waals surface area contributed by atoms with Crippen LogP contribution < -0.4 is 10.2 Å². The molecule has 0 saturated heterocycles. The van der Waals surface area contributed by atoms with E-state index in [1.807, 2.05) is 38.4 Å². The molecule has 0 unspecified atom stereocenters. The minimum atomic E-state index is -0.0877. The van der Waals surface area contributed by atoms with Gasteiger partial charge < -0.3 is 15.2 Å². The van der Waals surface area contributed by atoms with Crippen LogP contribution in [0, 0.1) is 0 Å². The molecule has 1 aromatic heterocycles. The van der Waals surface area contributed by atoms with Gasteiger partial charge in [-0.25, -0.2) is 0 Å². The number of aromatic amines is 1. The summed E-state index contributed by atoms with van der Waals surface area (Å²) in [4.78, 5) is 17.5. The number of carbonyl (C=O) groups excluding carboxylic acids is 1. The van der Waals surface area contributed by atoms with Crippen molar-refractivity contribution in [2.45, 2.75) is 12.8 Å². The molecule has 1 heterocycles. The first-order valence-corrected chi connectivity index (χ1v) is 8.73. The van der Waals surface area contributed by atoms with Crippen molar-refractivity contribution >= 4 is 34.1 Å². The fourth-order valence-electron chi connectivity index (χ4n) is 2.78. The molecule has 3 aromatic rings. The zero-order valence-corrected chi connectivity index (χ0v) is 15.2. The topological polar surface area (TPSA) is 48.1 Å². The van der Waals surface area contributed by atoms with Gasteiger partial charge in [-0.1, -0.05) is 23.7 Å². The second kappa shape index (κ2) is 7.62. The Hall–Kier alpha value is -2.46. The van der Waals surface area contributed by atoms with Gasteiger partial charge in [-0.2, -0.15) is 0 Å². The summed E-state index contributed by atoms with van der Waals surface area (Å²) >= 11 is 5.98. The molecule has 0 atom stereocenters. The van der Waals surface area contributed by atoms with Gasteiger partial charge in [0.1, 0.15) is 5.69 Å². The second-order valence-corrected chi connectivity index (χ2v) is 6.77. The third kappa shape index (κ3) is 4.34. The SMILES string of the molecule is CN(C)c1ccc(CCCNC(=O)c2cc3cc(Cl)ccc3[nH]2)cc1. The first-order valence-electron chi connectivity index (χ1n) is 8.35. The molecule has 0 spiro atoms. The molecule has 0 aliphatic carbocycles. The number of fused-ring (bicyclic) bond motifs is 1. The van der Waals surface area contributed by atoms with Gasteiger partial charge in [-0.05, 0) is 54.8 Å². The lowest BCUT2D eigenvalue weighted by molar-refractivity contribution is 0.0949. The van der Waals surface area contributed by atoms with E-state index >= 15 is 0 Å². The van der Waals surface area contributed by atoms with Gasteiger partial charge in [0.25, 0.3) is 5.91 Å². The normalized spacial score (nSPS) is 10.8. The van der Waals surface area contributed by atoms with Crippen LogP contribution in [0.1, 0.15) is 22.5 Å². The van der Waals surface area contributed by atoms with Crippen LogP contribution in [0.15, 0.2) is 48.5 Å². The number of aromatic nitrogens is 1. The lowest BCUT2D eigenvalue weighted by Crippen LogP contribution is -2.25. The van der Waals surface area contributed by atoms with Crippen LogP contribution in [0.3, 0.4) is 0 Å². The molecule has 2 aromatic carbocycles. The summed E-state index contributed by atoms with van der Waals surface area (Å²) in [5.74, 6) is -0.0877. The van der Waals surface area contributed by atoms with Gasteiger partial charge in [-0.3, -0.25) is 4.79 Å². The molecule has 25 heavy (non-hydrogen) atoms. The fourth-order valence-corrected chi connectivity index (χ4v) is 2.96. The number of carbonyl (C=O) groups is 1. The average Bonchev–Trinajstić information content (AvgIpc) is 3.02. The quantitative estimate of drug-likeness (QED) is 0.649. The van der Waals surface area contributed by atoms with Gasteiger partial charge >= 0.3 is 0 Å². The van der Waals surface area contributed by atoms with Crippen molar-refractivity contribution in [1.29, 1.82) is 0 Å². The predicted octanol–water partition coefficient (Wildman–Crippen LogP) is 4.25. The first kappa shape index (κ1) is 17.4. The van der Waals surface area contributed by atoms with E-state index in [1.165, 1.54) is 11.3 Å². The highest BCUT2D eigenvalue weighted by atomic mass is 35.5. The Morgan fingerprint density at radius 2 is 1.88 bits per heavy atom. The number of aryl methyl sites for hydroxylation is 1. The number of nitrogens with one attached hydrogen (secondary N) is 2. The minimum absolute atomic E-state index is 0.0877. The lowest BCUT2D eigenvalue weighted by Gasteiger charge is -2.12. The minimum Gasteiger partial charge on any atom is -0.378 e. The number of hydrogen-bond donors (Lipinski definition) is 2. The van der Waals surface area contributed by atoms with E-state index in [1.54, 1.807) is 0 Å². The first-order chi connectivity index (χ1) is 12.0. The molecule has 0 radical (unpaired) electrons. The third-order valence-corrected chi connectivity index (χ3v) is 4.44. The summed E-state index contributed by atoms with van der Waals surface area (Å²) in [5, 5.41) is 4.57. The van der Waals surface area contributed by atoms with Crippen molar-refractivity contribution in [3.05, 3.63) is 64.8 Å². The summed E-state index contributed by atoms with van der Waals surface area (Å²) in [6.07, 6.45) is 1.84. The van der Waals surface area contributed by atoms with Gasteiger partial charge in [0, 0.05) is 42.3 Å². The number of halogens is 1. The maximum atomic E-state index is 12.2.